The quantitative estimate of drug-likeness (QED) is 0.481. The van der Waals surface area contributed by atoms with Crippen LogP contribution in [0.15, 0.2) is 42.5 Å². The van der Waals surface area contributed by atoms with Gasteiger partial charge in [-0.3, -0.25) is 5.41 Å². The molecule has 0 aliphatic rings. The van der Waals surface area contributed by atoms with Crippen molar-refractivity contribution >= 4 is 28.3 Å². The number of amidine groups is 1. The maximum absolute atomic E-state index is 7.49. The molecule has 0 amide bonds. The van der Waals surface area contributed by atoms with Gasteiger partial charge in [0.15, 0.2) is 0 Å². The molecular weight excluding hydrogens is 270 g/mol. The van der Waals surface area contributed by atoms with E-state index in [0.29, 0.717) is 0 Å². The smallest absolute Gasteiger partial charge is 0.122 e. The van der Waals surface area contributed by atoms with Crippen molar-refractivity contribution in [3.63, 3.8) is 0 Å². The van der Waals surface area contributed by atoms with Crippen LogP contribution in [0.25, 0.3) is 22.2 Å². The van der Waals surface area contributed by atoms with Crippen LogP contribution >= 0.6 is 11.6 Å². The van der Waals surface area contributed by atoms with Gasteiger partial charge in [0.05, 0.1) is 0 Å². The number of nitrogens with one attached hydrogen (secondary N) is 2. The average molecular weight is 284 g/mol. The molecule has 0 saturated carbocycles. The van der Waals surface area contributed by atoms with Gasteiger partial charge in [-0.2, -0.15) is 0 Å². The second-order valence-electron chi connectivity index (χ2n) is 4.92. The zero-order valence-corrected chi connectivity index (χ0v) is 11.8. The lowest BCUT2D eigenvalue weighted by Gasteiger charge is -2.01. The molecule has 4 heteroatoms. The highest BCUT2D eigenvalue weighted by molar-refractivity contribution is 6.31. The Morgan fingerprint density at radius 1 is 1.15 bits per heavy atom. The summed E-state index contributed by atoms with van der Waals surface area (Å²) in [7, 11) is 0. The van der Waals surface area contributed by atoms with E-state index in [0.717, 1.165) is 38.3 Å². The van der Waals surface area contributed by atoms with Crippen molar-refractivity contribution in [2.75, 3.05) is 0 Å². The van der Waals surface area contributed by atoms with Crippen LogP contribution in [-0.2, 0) is 0 Å². The number of aromatic amines is 1. The van der Waals surface area contributed by atoms with Gasteiger partial charge in [-0.1, -0.05) is 11.6 Å². The third-order valence-electron chi connectivity index (χ3n) is 3.28. The summed E-state index contributed by atoms with van der Waals surface area (Å²) in [5, 5.41) is 9.25. The van der Waals surface area contributed by atoms with Crippen LogP contribution in [0.1, 0.15) is 11.1 Å². The molecule has 0 aliphatic heterocycles. The molecular formula is C16H14ClN3. The monoisotopic (exact) mass is 283 g/mol. The van der Waals surface area contributed by atoms with Gasteiger partial charge < -0.3 is 10.7 Å². The zero-order valence-electron chi connectivity index (χ0n) is 11.0. The molecule has 3 rings (SSSR count). The molecule has 1 heterocycles. The molecule has 0 saturated heterocycles. The van der Waals surface area contributed by atoms with Crippen molar-refractivity contribution in [1.29, 1.82) is 5.41 Å². The summed E-state index contributed by atoms with van der Waals surface area (Å²) >= 11 is 6.11. The highest BCUT2D eigenvalue weighted by Gasteiger charge is 2.06. The first-order chi connectivity index (χ1) is 9.52. The van der Waals surface area contributed by atoms with Gasteiger partial charge in [-0.25, -0.2) is 0 Å². The molecule has 0 spiro atoms. The maximum atomic E-state index is 7.49. The van der Waals surface area contributed by atoms with E-state index >= 15 is 0 Å². The fraction of sp³-hybridized carbons (Fsp3) is 0.0625. The fourth-order valence-corrected chi connectivity index (χ4v) is 2.64. The fourth-order valence-electron chi connectivity index (χ4n) is 2.35. The topological polar surface area (TPSA) is 65.7 Å². The summed E-state index contributed by atoms with van der Waals surface area (Å²) in [5.74, 6) is 0.0771. The second kappa shape index (κ2) is 4.69. The number of fused-ring (bicyclic) bond motifs is 1. The minimum Gasteiger partial charge on any atom is -0.384 e. The minimum absolute atomic E-state index is 0.0771. The lowest BCUT2D eigenvalue weighted by atomic mass is 10.1. The Labute approximate surface area is 121 Å². The van der Waals surface area contributed by atoms with Crippen LogP contribution < -0.4 is 5.73 Å². The Morgan fingerprint density at radius 2 is 1.95 bits per heavy atom. The van der Waals surface area contributed by atoms with Crippen molar-refractivity contribution in [3.05, 3.63) is 58.6 Å². The molecule has 0 aliphatic carbocycles. The summed E-state index contributed by atoms with van der Waals surface area (Å²) in [6.45, 7) is 2.02. The summed E-state index contributed by atoms with van der Waals surface area (Å²) in [4.78, 5) is 3.36. The van der Waals surface area contributed by atoms with Crippen molar-refractivity contribution in [2.45, 2.75) is 6.92 Å². The predicted octanol–water partition coefficient (Wildman–Crippen LogP) is 4.08. The van der Waals surface area contributed by atoms with Gasteiger partial charge in [-0.05, 0) is 60.5 Å². The molecule has 0 unspecified atom stereocenters. The first-order valence-electron chi connectivity index (χ1n) is 6.28. The van der Waals surface area contributed by atoms with E-state index < -0.39 is 0 Å². The summed E-state index contributed by atoms with van der Waals surface area (Å²) in [5.41, 5.74) is 10.4. The van der Waals surface area contributed by atoms with Crippen LogP contribution in [0.2, 0.25) is 5.02 Å². The van der Waals surface area contributed by atoms with E-state index in [-0.39, 0.29) is 5.84 Å². The normalized spacial score (nSPS) is 10.9. The number of H-pyrrole nitrogens is 1. The molecule has 0 fully saturated rings. The number of halogens is 1. The van der Waals surface area contributed by atoms with Crippen molar-refractivity contribution < 1.29 is 0 Å². The highest BCUT2D eigenvalue weighted by Crippen LogP contribution is 2.27. The summed E-state index contributed by atoms with van der Waals surface area (Å²) in [6.07, 6.45) is 0. The summed E-state index contributed by atoms with van der Waals surface area (Å²) < 4.78 is 0. The van der Waals surface area contributed by atoms with Crippen LogP contribution in [0.3, 0.4) is 0 Å². The first-order valence-corrected chi connectivity index (χ1v) is 6.65. The Balaban J connectivity index is 2.15. The van der Waals surface area contributed by atoms with Gasteiger partial charge in [0, 0.05) is 27.2 Å². The predicted molar refractivity (Wildman–Crippen MR) is 84.5 cm³/mol. The molecule has 100 valence electrons. The number of benzene rings is 2. The van der Waals surface area contributed by atoms with E-state index in [1.165, 1.54) is 0 Å². The average Bonchev–Trinajstić information content (AvgIpc) is 2.80. The molecule has 20 heavy (non-hydrogen) atoms. The van der Waals surface area contributed by atoms with E-state index in [1.54, 1.807) is 0 Å². The standard InChI is InChI=1S/C16H14ClN3/c1-9-4-11(7-13(17)5-9)15-8-12-6-10(16(18)19)2-3-14(12)20-15/h2-8,20H,1H3,(H3,18,19). The van der Waals surface area contributed by atoms with Crippen LogP contribution in [0, 0.1) is 12.3 Å². The molecule has 0 atom stereocenters. The van der Waals surface area contributed by atoms with Crippen molar-refractivity contribution in [1.82, 2.24) is 4.98 Å². The molecule has 0 radical (unpaired) electrons. The van der Waals surface area contributed by atoms with Gasteiger partial charge >= 0.3 is 0 Å². The van der Waals surface area contributed by atoms with E-state index in [4.69, 9.17) is 22.7 Å². The second-order valence-corrected chi connectivity index (χ2v) is 5.35. The van der Waals surface area contributed by atoms with Crippen LogP contribution in [0.4, 0.5) is 0 Å². The first kappa shape index (κ1) is 12.8. The van der Waals surface area contributed by atoms with Gasteiger partial charge in [0.2, 0.25) is 0 Å². The SMILES string of the molecule is Cc1cc(Cl)cc(-c2cc3cc(C(=N)N)ccc3[nH]2)c1. The Bertz CT molecular complexity index is 797. The minimum atomic E-state index is 0.0771. The lowest BCUT2D eigenvalue weighted by Crippen LogP contribution is -2.10. The highest BCUT2D eigenvalue weighted by atomic mass is 35.5. The van der Waals surface area contributed by atoms with E-state index in [9.17, 15) is 0 Å². The van der Waals surface area contributed by atoms with E-state index in [2.05, 4.69) is 11.1 Å². The number of nitrogen functional groups attached to an aromatic ring is 1. The Morgan fingerprint density at radius 3 is 2.65 bits per heavy atom. The van der Waals surface area contributed by atoms with Gasteiger partial charge in [0.25, 0.3) is 0 Å². The lowest BCUT2D eigenvalue weighted by molar-refractivity contribution is 1.41. The van der Waals surface area contributed by atoms with Crippen LogP contribution in [0.5, 0.6) is 0 Å². The summed E-state index contributed by atoms with van der Waals surface area (Å²) in [6, 6.07) is 13.7. The molecule has 1 aromatic heterocycles. The van der Waals surface area contributed by atoms with Gasteiger partial charge in [-0.15, -0.1) is 0 Å². The number of hydrogen-bond acceptors (Lipinski definition) is 1. The molecule has 4 N–H and O–H groups in total. The molecule has 3 nitrogen and oxygen atoms in total. The number of hydrogen-bond donors (Lipinski definition) is 3. The van der Waals surface area contributed by atoms with Crippen molar-refractivity contribution in [2.24, 2.45) is 5.73 Å². The van der Waals surface area contributed by atoms with Gasteiger partial charge in [0.1, 0.15) is 5.84 Å². The van der Waals surface area contributed by atoms with Crippen LogP contribution in [-0.4, -0.2) is 10.8 Å². The number of aromatic nitrogens is 1. The zero-order chi connectivity index (χ0) is 14.3. The third-order valence-corrected chi connectivity index (χ3v) is 3.50. The number of aryl methyl sites for hydroxylation is 1. The number of rotatable bonds is 2. The Kier molecular flexibility index (Phi) is 2.99. The van der Waals surface area contributed by atoms with Crippen molar-refractivity contribution in [3.8, 4) is 11.3 Å². The third kappa shape index (κ3) is 2.28. The molecule has 3 aromatic rings. The maximum Gasteiger partial charge on any atom is 0.122 e. The molecule has 2 aromatic carbocycles. The largest absolute Gasteiger partial charge is 0.384 e. The molecule has 0 bridgehead atoms. The number of nitrogens with two attached hydrogens (primary N) is 1. The van der Waals surface area contributed by atoms with E-state index in [1.807, 2.05) is 43.3 Å². The Hall–Kier alpha value is -2.26.